The van der Waals surface area contributed by atoms with Crippen molar-refractivity contribution in [3.05, 3.63) is 45.3 Å². The minimum atomic E-state index is -0.257. The third-order valence-electron chi connectivity index (χ3n) is 10.4. The van der Waals surface area contributed by atoms with E-state index < -0.39 is 0 Å². The molecule has 0 aliphatic carbocycles. The number of aryl methyl sites for hydroxylation is 2. The molecule has 0 radical (unpaired) electrons. The Morgan fingerprint density at radius 2 is 0.702 bits per heavy atom. The van der Waals surface area contributed by atoms with Crippen LogP contribution >= 0.6 is 0 Å². The molecule has 3 heterocycles. The van der Waals surface area contributed by atoms with Gasteiger partial charge in [-0.25, -0.2) is 0 Å². The zero-order chi connectivity index (χ0) is 32.5. The van der Waals surface area contributed by atoms with Gasteiger partial charge in [0.25, 0.3) is 0 Å². The van der Waals surface area contributed by atoms with Gasteiger partial charge in [-0.2, -0.15) is 0 Å². The van der Waals surface area contributed by atoms with Gasteiger partial charge in [-0.1, -0.05) is 39.5 Å². The first-order valence-corrected chi connectivity index (χ1v) is 25.8. The maximum atomic E-state index is 2.64. The summed E-state index contributed by atoms with van der Waals surface area (Å²) in [5, 5.41) is 6.40. The van der Waals surface area contributed by atoms with Gasteiger partial charge in [0.05, 0.1) is 0 Å². The van der Waals surface area contributed by atoms with E-state index in [-0.39, 0.29) is 20.4 Å². The van der Waals surface area contributed by atoms with E-state index in [0.717, 1.165) is 0 Å². The van der Waals surface area contributed by atoms with Crippen LogP contribution in [-0.2, 0) is 12.8 Å². The Hall–Kier alpha value is -0.251. The van der Waals surface area contributed by atoms with Crippen LogP contribution in [0, 0.1) is 0 Å². The first-order chi connectivity index (χ1) is 23.2. The van der Waals surface area contributed by atoms with Crippen LogP contribution in [0.2, 0.25) is 0 Å². The van der Waals surface area contributed by atoms with E-state index in [9.17, 15) is 0 Å². The number of hydrogen-bond donors (Lipinski definition) is 0. The van der Waals surface area contributed by atoms with Gasteiger partial charge in [-0.15, -0.1) is 0 Å². The Labute approximate surface area is 310 Å². The molecule has 3 aromatic heterocycles. The van der Waals surface area contributed by atoms with Crippen LogP contribution in [0.15, 0.2) is 36.4 Å². The molecule has 0 saturated carbocycles. The normalized spacial score (nSPS) is 12.1. The predicted octanol–water partition coefficient (Wildman–Crippen LogP) is 14.0. The SMILES string of the molecule is CCCCCCCCCCCCCCc1cc2cc3[te]c4cc5cc(CCCCCCCCCCCCCC)[se]c5cc4c3cc2[se]1. The fourth-order valence-corrected chi connectivity index (χ4v) is 15.5. The molecule has 0 nitrogen and oxygen atoms in total. The van der Waals surface area contributed by atoms with E-state index in [2.05, 4.69) is 50.2 Å². The molecule has 258 valence electrons. The number of benzene rings is 2. The second-order valence-electron chi connectivity index (χ2n) is 14.6. The summed E-state index contributed by atoms with van der Waals surface area (Å²) in [5.74, 6) is 0. The molecule has 0 saturated heterocycles. The topological polar surface area (TPSA) is 0 Å². The summed E-state index contributed by atoms with van der Waals surface area (Å²) < 4.78 is 10.3. The predicted molar refractivity (Wildman–Crippen MR) is 217 cm³/mol. The van der Waals surface area contributed by atoms with Crippen molar-refractivity contribution in [2.75, 3.05) is 0 Å². The first-order valence-electron chi connectivity index (χ1n) is 20.1. The summed E-state index contributed by atoms with van der Waals surface area (Å²) in [6.45, 7) is 4.62. The maximum absolute atomic E-state index is 2.64. The van der Waals surface area contributed by atoms with Gasteiger partial charge in [-0.05, 0) is 0 Å². The Morgan fingerprint density at radius 1 is 0.383 bits per heavy atom. The molecule has 0 aliphatic rings. The van der Waals surface area contributed by atoms with Crippen molar-refractivity contribution in [3.63, 3.8) is 0 Å². The average Bonchev–Trinajstić information content (AvgIpc) is 3.77. The molecule has 47 heavy (non-hydrogen) atoms. The number of hydrogen-bond acceptors (Lipinski definition) is 0. The van der Waals surface area contributed by atoms with Gasteiger partial charge < -0.3 is 0 Å². The van der Waals surface area contributed by atoms with Gasteiger partial charge >= 0.3 is 273 Å². The van der Waals surface area contributed by atoms with Gasteiger partial charge in [0.15, 0.2) is 0 Å². The van der Waals surface area contributed by atoms with Gasteiger partial charge in [0.1, 0.15) is 0 Å². The molecule has 0 N–H and O–H groups in total. The van der Waals surface area contributed by atoms with Crippen LogP contribution in [-0.4, -0.2) is 49.4 Å². The quantitative estimate of drug-likeness (QED) is 0.0383. The van der Waals surface area contributed by atoms with Crippen molar-refractivity contribution in [3.8, 4) is 0 Å². The molecule has 0 bridgehead atoms. The van der Waals surface area contributed by atoms with Crippen molar-refractivity contribution in [2.45, 2.75) is 181 Å². The van der Waals surface area contributed by atoms with E-state index in [4.69, 9.17) is 0 Å². The zero-order valence-corrected chi connectivity index (χ0v) is 35.8. The van der Waals surface area contributed by atoms with Crippen LogP contribution in [0.25, 0.3) is 36.9 Å². The molecule has 0 spiro atoms. The number of unbranched alkanes of at least 4 members (excludes halogenated alkanes) is 22. The summed E-state index contributed by atoms with van der Waals surface area (Å²) in [5.41, 5.74) is 0. The summed E-state index contributed by atoms with van der Waals surface area (Å²) in [4.78, 5) is 0. The average molecular weight is 879 g/mol. The summed E-state index contributed by atoms with van der Waals surface area (Å²) in [6.07, 6.45) is 37.3. The second kappa shape index (κ2) is 21.9. The minimum absolute atomic E-state index is 0.257. The van der Waals surface area contributed by atoms with Crippen molar-refractivity contribution < 1.29 is 0 Å². The van der Waals surface area contributed by atoms with E-state index in [1.165, 1.54) is 167 Å². The van der Waals surface area contributed by atoms with Crippen LogP contribution in [0.3, 0.4) is 0 Å². The van der Waals surface area contributed by atoms with Crippen LogP contribution < -0.4 is 0 Å². The molecule has 5 rings (SSSR count). The Kier molecular flexibility index (Phi) is 17.7. The fraction of sp³-hybridized carbons (Fsp3) is 0.636. The van der Waals surface area contributed by atoms with Gasteiger partial charge in [0.2, 0.25) is 0 Å². The molecule has 0 atom stereocenters. The van der Waals surface area contributed by atoms with E-state index >= 15 is 0 Å². The first kappa shape index (κ1) is 38.0. The molecular formula is C44H64Se2Te. The summed E-state index contributed by atoms with van der Waals surface area (Å²) in [7, 11) is 0. The van der Waals surface area contributed by atoms with Gasteiger partial charge in [0, 0.05) is 0 Å². The van der Waals surface area contributed by atoms with Crippen LogP contribution in [0.4, 0.5) is 0 Å². The Balaban J connectivity index is 1.03. The molecule has 3 heteroatoms. The van der Waals surface area contributed by atoms with E-state index in [1.807, 2.05) is 0 Å². The second-order valence-corrected chi connectivity index (χ2v) is 22.6. The van der Waals surface area contributed by atoms with Gasteiger partial charge in [-0.3, -0.25) is 0 Å². The standard InChI is InChI=1S/C44H64Se2Te/c1-3-5-7-9-11-13-15-17-19-21-23-25-27-37-29-35-31-43-39(33-41(35)45-37)40-34-42-36(32-44(40)47-43)30-38(46-42)28-26-24-22-20-18-16-14-12-10-8-6-4-2/h29-34H,3-28H2,1-2H3. The third-order valence-corrected chi connectivity index (χ3v) is 18.4. The van der Waals surface area contributed by atoms with E-state index in [1.54, 1.807) is 45.7 Å². The number of fused-ring (bicyclic) bond motifs is 5. The number of rotatable bonds is 26. The molecule has 2 aromatic carbocycles. The Bertz CT molecular complexity index is 1470. The molecule has 0 amide bonds. The molecule has 5 aromatic rings. The molecule has 0 fully saturated rings. The van der Waals surface area contributed by atoms with Crippen LogP contribution in [0.5, 0.6) is 0 Å². The molecule has 0 unspecified atom stereocenters. The van der Waals surface area contributed by atoms with Crippen molar-refractivity contribution in [2.24, 2.45) is 0 Å². The fourth-order valence-electron chi connectivity index (χ4n) is 7.48. The molecular weight excluding hydrogens is 814 g/mol. The van der Waals surface area contributed by atoms with Crippen LogP contribution in [0.1, 0.15) is 177 Å². The Morgan fingerprint density at radius 3 is 1.04 bits per heavy atom. The molecule has 0 aliphatic heterocycles. The summed E-state index contributed by atoms with van der Waals surface area (Å²) >= 11 is 0.844. The van der Waals surface area contributed by atoms with E-state index in [0.29, 0.717) is 29.0 Å². The monoisotopic (exact) mass is 882 g/mol. The summed E-state index contributed by atoms with van der Waals surface area (Å²) in [6, 6.07) is 15.7. The zero-order valence-electron chi connectivity index (χ0n) is 30.1. The van der Waals surface area contributed by atoms with Crippen molar-refractivity contribution >= 4 is 86.3 Å². The third kappa shape index (κ3) is 12.5. The van der Waals surface area contributed by atoms with Crippen molar-refractivity contribution in [1.82, 2.24) is 0 Å². The van der Waals surface area contributed by atoms with Crippen molar-refractivity contribution in [1.29, 1.82) is 0 Å².